The van der Waals surface area contributed by atoms with Gasteiger partial charge in [-0.25, -0.2) is 0 Å². The third-order valence-electron chi connectivity index (χ3n) is 4.26. The Morgan fingerprint density at radius 1 is 1.00 bits per heavy atom. The van der Waals surface area contributed by atoms with Gasteiger partial charge in [0.05, 0.1) is 12.8 Å². The predicted molar refractivity (Wildman–Crippen MR) is 105 cm³/mol. The van der Waals surface area contributed by atoms with Gasteiger partial charge in [-0.05, 0) is 55.7 Å². The van der Waals surface area contributed by atoms with E-state index in [1.54, 1.807) is 24.3 Å². The summed E-state index contributed by atoms with van der Waals surface area (Å²) in [6.45, 7) is 6.03. The molecule has 0 radical (unpaired) electrons. The second-order valence-electron chi connectivity index (χ2n) is 6.32. The Balaban J connectivity index is 2.11. The molecule has 0 aromatic heterocycles. The number of carbonyl (C=O) groups is 2. The maximum atomic E-state index is 12.4. The van der Waals surface area contributed by atoms with E-state index >= 15 is 0 Å². The Labute approximate surface area is 154 Å². The van der Waals surface area contributed by atoms with Crippen molar-refractivity contribution < 1.29 is 14.3 Å². The fourth-order valence-electron chi connectivity index (χ4n) is 2.51. The summed E-state index contributed by atoms with van der Waals surface area (Å²) < 4.78 is 5.35. The van der Waals surface area contributed by atoms with Crippen LogP contribution in [0.1, 0.15) is 47.7 Å². The molecule has 0 unspecified atom stereocenters. The zero-order chi connectivity index (χ0) is 19.1. The third kappa shape index (κ3) is 5.09. The Hall–Kier alpha value is -2.82. The first-order valence-corrected chi connectivity index (χ1v) is 8.81. The van der Waals surface area contributed by atoms with Gasteiger partial charge in [0.25, 0.3) is 5.91 Å². The van der Waals surface area contributed by atoms with Gasteiger partial charge in [0.15, 0.2) is 0 Å². The highest BCUT2D eigenvalue weighted by Crippen LogP contribution is 2.28. The van der Waals surface area contributed by atoms with Gasteiger partial charge in [0, 0.05) is 23.7 Å². The van der Waals surface area contributed by atoms with Crippen molar-refractivity contribution in [1.82, 2.24) is 0 Å². The van der Waals surface area contributed by atoms with Crippen molar-refractivity contribution in [2.45, 2.75) is 40.0 Å². The van der Waals surface area contributed by atoms with E-state index in [9.17, 15) is 9.59 Å². The molecule has 26 heavy (non-hydrogen) atoms. The van der Waals surface area contributed by atoms with Gasteiger partial charge in [-0.3, -0.25) is 9.59 Å². The Kier molecular flexibility index (Phi) is 6.78. The van der Waals surface area contributed by atoms with Crippen LogP contribution in [-0.2, 0) is 4.79 Å². The van der Waals surface area contributed by atoms with Crippen LogP contribution in [0.5, 0.6) is 5.75 Å². The predicted octanol–water partition coefficient (Wildman–Crippen LogP) is 4.69. The minimum Gasteiger partial charge on any atom is -0.494 e. The Morgan fingerprint density at radius 2 is 1.77 bits per heavy atom. The van der Waals surface area contributed by atoms with E-state index in [4.69, 9.17) is 4.74 Å². The number of hydrogen-bond acceptors (Lipinski definition) is 3. The number of aryl methyl sites for hydroxylation is 2. The zero-order valence-corrected chi connectivity index (χ0v) is 15.8. The van der Waals surface area contributed by atoms with E-state index in [0.29, 0.717) is 29.1 Å². The summed E-state index contributed by atoms with van der Waals surface area (Å²) in [6.07, 6.45) is 2.29. The maximum Gasteiger partial charge on any atom is 0.255 e. The number of anilines is 2. The van der Waals surface area contributed by atoms with Crippen molar-refractivity contribution in [3.63, 3.8) is 0 Å². The lowest BCUT2D eigenvalue weighted by atomic mass is 10.1. The summed E-state index contributed by atoms with van der Waals surface area (Å²) >= 11 is 0. The lowest BCUT2D eigenvalue weighted by Crippen LogP contribution is -2.14. The molecule has 0 heterocycles. The summed E-state index contributed by atoms with van der Waals surface area (Å²) in [5.74, 6) is 0.277. The zero-order valence-electron chi connectivity index (χ0n) is 15.8. The number of carbonyl (C=O) groups excluding carboxylic acids is 2. The standard InChI is InChI=1S/C21H26N2O3/c1-5-6-7-20(24)23-18-11-10-17(13-19(18)26-4)22-21(25)16-9-8-14(2)15(3)12-16/h8-13H,5-7H2,1-4H3,(H,22,25)(H,23,24). The molecule has 138 valence electrons. The highest BCUT2D eigenvalue weighted by atomic mass is 16.5. The molecule has 0 bridgehead atoms. The normalized spacial score (nSPS) is 10.3. The molecule has 0 atom stereocenters. The van der Waals surface area contributed by atoms with Crippen LogP contribution in [0.3, 0.4) is 0 Å². The van der Waals surface area contributed by atoms with E-state index in [1.165, 1.54) is 7.11 Å². The van der Waals surface area contributed by atoms with E-state index in [0.717, 1.165) is 24.0 Å². The number of rotatable bonds is 7. The van der Waals surface area contributed by atoms with Crippen LogP contribution >= 0.6 is 0 Å². The quantitative estimate of drug-likeness (QED) is 0.758. The second-order valence-corrected chi connectivity index (χ2v) is 6.32. The minimum atomic E-state index is -0.185. The summed E-state index contributed by atoms with van der Waals surface area (Å²) in [5.41, 5.74) is 4.02. The summed E-state index contributed by atoms with van der Waals surface area (Å²) in [5, 5.41) is 5.71. The van der Waals surface area contributed by atoms with Crippen molar-refractivity contribution in [2.75, 3.05) is 17.7 Å². The topological polar surface area (TPSA) is 67.4 Å². The molecule has 5 nitrogen and oxygen atoms in total. The van der Waals surface area contributed by atoms with Gasteiger partial charge >= 0.3 is 0 Å². The van der Waals surface area contributed by atoms with Crippen molar-refractivity contribution in [3.05, 3.63) is 53.1 Å². The number of nitrogens with one attached hydrogen (secondary N) is 2. The van der Waals surface area contributed by atoms with Gasteiger partial charge in [0.2, 0.25) is 5.91 Å². The molecule has 2 amide bonds. The summed E-state index contributed by atoms with van der Waals surface area (Å²) in [7, 11) is 1.53. The number of benzene rings is 2. The second kappa shape index (κ2) is 9.04. The number of ether oxygens (including phenoxy) is 1. The first-order chi connectivity index (χ1) is 12.4. The molecule has 0 saturated carbocycles. The molecule has 2 N–H and O–H groups in total. The van der Waals surface area contributed by atoms with E-state index in [2.05, 4.69) is 10.6 Å². The van der Waals surface area contributed by atoms with Crippen LogP contribution in [0.25, 0.3) is 0 Å². The Bertz CT molecular complexity index is 800. The monoisotopic (exact) mass is 354 g/mol. The van der Waals surface area contributed by atoms with Gasteiger partial charge in [-0.1, -0.05) is 19.4 Å². The lowest BCUT2D eigenvalue weighted by molar-refractivity contribution is -0.116. The van der Waals surface area contributed by atoms with Crippen molar-refractivity contribution >= 4 is 23.2 Å². The van der Waals surface area contributed by atoms with E-state index < -0.39 is 0 Å². The summed E-state index contributed by atoms with van der Waals surface area (Å²) in [6, 6.07) is 10.8. The van der Waals surface area contributed by atoms with Crippen LogP contribution < -0.4 is 15.4 Å². The Morgan fingerprint density at radius 3 is 2.42 bits per heavy atom. The SMILES string of the molecule is CCCCC(=O)Nc1ccc(NC(=O)c2ccc(C)c(C)c2)cc1OC. The molecule has 0 aliphatic heterocycles. The van der Waals surface area contributed by atoms with E-state index in [1.807, 2.05) is 32.9 Å². The molecule has 0 aliphatic rings. The van der Waals surface area contributed by atoms with Gasteiger partial charge < -0.3 is 15.4 Å². The average molecular weight is 354 g/mol. The number of unbranched alkanes of at least 4 members (excludes halogenated alkanes) is 1. The molecule has 0 fully saturated rings. The highest BCUT2D eigenvalue weighted by Gasteiger charge is 2.11. The van der Waals surface area contributed by atoms with Crippen LogP contribution in [0.2, 0.25) is 0 Å². The van der Waals surface area contributed by atoms with Crippen LogP contribution in [-0.4, -0.2) is 18.9 Å². The van der Waals surface area contributed by atoms with Crippen LogP contribution in [0, 0.1) is 13.8 Å². The minimum absolute atomic E-state index is 0.0444. The van der Waals surface area contributed by atoms with E-state index in [-0.39, 0.29) is 11.8 Å². The fraction of sp³-hybridized carbons (Fsp3) is 0.333. The largest absolute Gasteiger partial charge is 0.494 e. The summed E-state index contributed by atoms with van der Waals surface area (Å²) in [4.78, 5) is 24.3. The number of hydrogen-bond donors (Lipinski definition) is 2. The lowest BCUT2D eigenvalue weighted by Gasteiger charge is -2.13. The highest BCUT2D eigenvalue weighted by molar-refractivity contribution is 6.04. The van der Waals surface area contributed by atoms with Crippen molar-refractivity contribution in [1.29, 1.82) is 0 Å². The molecular formula is C21H26N2O3. The number of amides is 2. The first kappa shape index (κ1) is 19.5. The van der Waals surface area contributed by atoms with Gasteiger partial charge in [0.1, 0.15) is 5.75 Å². The molecule has 0 spiro atoms. The third-order valence-corrected chi connectivity index (χ3v) is 4.26. The molecule has 2 rings (SSSR count). The molecule has 2 aromatic carbocycles. The molecule has 2 aromatic rings. The van der Waals surface area contributed by atoms with Crippen LogP contribution in [0.15, 0.2) is 36.4 Å². The van der Waals surface area contributed by atoms with Gasteiger partial charge in [-0.15, -0.1) is 0 Å². The van der Waals surface area contributed by atoms with Crippen LogP contribution in [0.4, 0.5) is 11.4 Å². The maximum absolute atomic E-state index is 12.4. The van der Waals surface area contributed by atoms with Crippen molar-refractivity contribution in [3.8, 4) is 5.75 Å². The van der Waals surface area contributed by atoms with Gasteiger partial charge in [-0.2, -0.15) is 0 Å². The molecule has 0 aliphatic carbocycles. The molecule has 5 heteroatoms. The molecular weight excluding hydrogens is 328 g/mol. The fourth-order valence-corrected chi connectivity index (χ4v) is 2.51. The number of methoxy groups -OCH3 is 1. The molecule has 0 saturated heterocycles. The average Bonchev–Trinajstić information content (AvgIpc) is 2.63. The van der Waals surface area contributed by atoms with Crippen molar-refractivity contribution in [2.24, 2.45) is 0 Å². The smallest absolute Gasteiger partial charge is 0.255 e. The first-order valence-electron chi connectivity index (χ1n) is 8.81.